The summed E-state index contributed by atoms with van der Waals surface area (Å²) < 4.78 is 0. The van der Waals surface area contributed by atoms with Crippen LogP contribution in [0.4, 0.5) is 0 Å². The van der Waals surface area contributed by atoms with Crippen molar-refractivity contribution < 1.29 is 0 Å². The Balaban J connectivity index is 1.86. The first-order chi connectivity index (χ1) is 9.65. The summed E-state index contributed by atoms with van der Waals surface area (Å²) in [7, 11) is 0. The first kappa shape index (κ1) is 14.6. The van der Waals surface area contributed by atoms with Crippen LogP contribution in [0.25, 0.3) is 6.08 Å². The molecule has 1 aliphatic rings. The molecular formula is C19H25N. The van der Waals surface area contributed by atoms with Crippen molar-refractivity contribution in [2.24, 2.45) is 5.92 Å². The van der Waals surface area contributed by atoms with Gasteiger partial charge in [0, 0.05) is 18.8 Å². The molecule has 0 saturated carbocycles. The Bertz CT molecular complexity index is 493. The SMILES string of the molecule is C=C(/C=C/C=C/c1ccc(C)cc1)N1CCCC(C)C1. The Morgan fingerprint density at radius 1 is 1.25 bits per heavy atom. The van der Waals surface area contributed by atoms with Crippen molar-refractivity contribution in [3.05, 3.63) is 65.9 Å². The van der Waals surface area contributed by atoms with Crippen molar-refractivity contribution in [1.29, 1.82) is 0 Å². The molecule has 0 aliphatic carbocycles. The molecule has 106 valence electrons. The Kier molecular flexibility index (Phi) is 5.23. The molecule has 1 aromatic carbocycles. The smallest absolute Gasteiger partial charge is 0.0293 e. The lowest BCUT2D eigenvalue weighted by Crippen LogP contribution is -2.32. The molecule has 0 amide bonds. The van der Waals surface area contributed by atoms with E-state index in [-0.39, 0.29) is 0 Å². The van der Waals surface area contributed by atoms with Crippen LogP contribution in [0.1, 0.15) is 30.9 Å². The molecule has 1 unspecified atom stereocenters. The molecule has 2 rings (SSSR count). The van der Waals surface area contributed by atoms with Crippen LogP contribution in [-0.4, -0.2) is 18.0 Å². The second kappa shape index (κ2) is 7.14. The minimum Gasteiger partial charge on any atom is -0.372 e. The third-order valence-corrected chi connectivity index (χ3v) is 3.83. The van der Waals surface area contributed by atoms with Gasteiger partial charge in [0.05, 0.1) is 0 Å². The molecule has 0 aromatic heterocycles. The van der Waals surface area contributed by atoms with E-state index < -0.39 is 0 Å². The van der Waals surface area contributed by atoms with Crippen LogP contribution in [0.15, 0.2) is 54.8 Å². The minimum atomic E-state index is 0.789. The number of likely N-dealkylation sites (tertiary alicyclic amines) is 1. The number of benzene rings is 1. The number of hydrogen-bond acceptors (Lipinski definition) is 1. The van der Waals surface area contributed by atoms with Crippen LogP contribution >= 0.6 is 0 Å². The zero-order valence-corrected chi connectivity index (χ0v) is 12.7. The number of allylic oxidation sites excluding steroid dienone is 3. The number of hydrogen-bond donors (Lipinski definition) is 0. The van der Waals surface area contributed by atoms with E-state index >= 15 is 0 Å². The predicted molar refractivity (Wildman–Crippen MR) is 88.5 cm³/mol. The van der Waals surface area contributed by atoms with Gasteiger partial charge in [-0.3, -0.25) is 0 Å². The van der Waals surface area contributed by atoms with Gasteiger partial charge >= 0.3 is 0 Å². The van der Waals surface area contributed by atoms with E-state index in [1.165, 1.54) is 24.0 Å². The topological polar surface area (TPSA) is 3.24 Å². The summed E-state index contributed by atoms with van der Waals surface area (Å²) in [5.74, 6) is 0.789. The maximum Gasteiger partial charge on any atom is 0.0293 e. The van der Waals surface area contributed by atoms with Crippen molar-refractivity contribution in [2.75, 3.05) is 13.1 Å². The van der Waals surface area contributed by atoms with Gasteiger partial charge < -0.3 is 4.90 Å². The van der Waals surface area contributed by atoms with Gasteiger partial charge in [0.15, 0.2) is 0 Å². The monoisotopic (exact) mass is 267 g/mol. The highest BCUT2D eigenvalue weighted by molar-refractivity contribution is 5.51. The van der Waals surface area contributed by atoms with E-state index in [0.717, 1.165) is 24.7 Å². The summed E-state index contributed by atoms with van der Waals surface area (Å²) in [5, 5.41) is 0. The summed E-state index contributed by atoms with van der Waals surface area (Å²) in [6, 6.07) is 8.55. The van der Waals surface area contributed by atoms with E-state index in [1.807, 2.05) is 0 Å². The van der Waals surface area contributed by atoms with Gasteiger partial charge in [0.2, 0.25) is 0 Å². The fourth-order valence-corrected chi connectivity index (χ4v) is 2.57. The summed E-state index contributed by atoms with van der Waals surface area (Å²) in [4.78, 5) is 2.39. The van der Waals surface area contributed by atoms with Gasteiger partial charge in [-0.05, 0) is 37.3 Å². The third-order valence-electron chi connectivity index (χ3n) is 3.83. The molecule has 0 bridgehead atoms. The van der Waals surface area contributed by atoms with Crippen LogP contribution in [0.5, 0.6) is 0 Å². The fraction of sp³-hybridized carbons (Fsp3) is 0.368. The van der Waals surface area contributed by atoms with Crippen molar-refractivity contribution in [3.63, 3.8) is 0 Å². The van der Waals surface area contributed by atoms with E-state index in [9.17, 15) is 0 Å². The van der Waals surface area contributed by atoms with E-state index in [1.54, 1.807) is 0 Å². The maximum atomic E-state index is 4.17. The van der Waals surface area contributed by atoms with E-state index in [0.29, 0.717) is 0 Å². The quantitative estimate of drug-likeness (QED) is 0.708. The van der Waals surface area contributed by atoms with Gasteiger partial charge in [-0.1, -0.05) is 61.6 Å². The minimum absolute atomic E-state index is 0.789. The molecular weight excluding hydrogens is 242 g/mol. The predicted octanol–water partition coefficient (Wildman–Crippen LogP) is 4.81. The number of piperidine rings is 1. The first-order valence-corrected chi connectivity index (χ1v) is 7.50. The second-order valence-corrected chi connectivity index (χ2v) is 5.81. The zero-order chi connectivity index (χ0) is 14.4. The molecule has 1 nitrogen and oxygen atoms in total. The molecule has 1 atom stereocenters. The molecule has 1 aromatic rings. The molecule has 1 saturated heterocycles. The molecule has 1 aliphatic heterocycles. The summed E-state index contributed by atoms with van der Waals surface area (Å²) in [6.07, 6.45) is 11.0. The standard InChI is InChI=1S/C19H25N/c1-16-10-12-19(13-11-16)9-5-4-8-18(3)20-14-6-7-17(2)15-20/h4-5,8-13,17H,3,6-7,14-15H2,1-2H3/b8-4+,9-5+. The molecule has 20 heavy (non-hydrogen) atoms. The van der Waals surface area contributed by atoms with E-state index in [4.69, 9.17) is 0 Å². The Hall–Kier alpha value is -1.76. The Labute approximate surface area is 123 Å². The van der Waals surface area contributed by atoms with Gasteiger partial charge in [0.1, 0.15) is 0 Å². The highest BCUT2D eigenvalue weighted by atomic mass is 15.1. The first-order valence-electron chi connectivity index (χ1n) is 7.50. The summed E-state index contributed by atoms with van der Waals surface area (Å²) in [5.41, 5.74) is 3.66. The average Bonchev–Trinajstić information content (AvgIpc) is 2.45. The molecule has 1 heteroatoms. The summed E-state index contributed by atoms with van der Waals surface area (Å²) in [6.45, 7) is 10.9. The van der Waals surface area contributed by atoms with Crippen LogP contribution in [0, 0.1) is 12.8 Å². The zero-order valence-electron chi connectivity index (χ0n) is 12.7. The van der Waals surface area contributed by atoms with E-state index in [2.05, 4.69) is 73.9 Å². The molecule has 0 spiro atoms. The number of nitrogens with zero attached hydrogens (tertiary/aromatic N) is 1. The lowest BCUT2D eigenvalue weighted by molar-refractivity contribution is 0.235. The number of rotatable bonds is 4. The second-order valence-electron chi connectivity index (χ2n) is 5.81. The lowest BCUT2D eigenvalue weighted by atomic mass is 10.00. The van der Waals surface area contributed by atoms with Crippen LogP contribution in [-0.2, 0) is 0 Å². The van der Waals surface area contributed by atoms with Crippen LogP contribution < -0.4 is 0 Å². The highest BCUT2D eigenvalue weighted by Gasteiger charge is 2.15. The van der Waals surface area contributed by atoms with Crippen LogP contribution in [0.2, 0.25) is 0 Å². The molecule has 0 N–H and O–H groups in total. The van der Waals surface area contributed by atoms with Crippen molar-refractivity contribution in [3.8, 4) is 0 Å². The Morgan fingerprint density at radius 2 is 2.00 bits per heavy atom. The largest absolute Gasteiger partial charge is 0.372 e. The van der Waals surface area contributed by atoms with Crippen LogP contribution in [0.3, 0.4) is 0 Å². The summed E-state index contributed by atoms with van der Waals surface area (Å²) >= 11 is 0. The lowest BCUT2D eigenvalue weighted by Gasteiger charge is -2.33. The average molecular weight is 267 g/mol. The van der Waals surface area contributed by atoms with Gasteiger partial charge in [-0.15, -0.1) is 0 Å². The normalized spacial score (nSPS) is 19.9. The molecule has 1 fully saturated rings. The highest BCUT2D eigenvalue weighted by Crippen LogP contribution is 2.19. The van der Waals surface area contributed by atoms with Gasteiger partial charge in [-0.2, -0.15) is 0 Å². The van der Waals surface area contributed by atoms with Crippen molar-refractivity contribution in [1.82, 2.24) is 4.90 Å². The number of aryl methyl sites for hydroxylation is 1. The fourth-order valence-electron chi connectivity index (χ4n) is 2.57. The molecule has 1 heterocycles. The van der Waals surface area contributed by atoms with Gasteiger partial charge in [0.25, 0.3) is 0 Å². The maximum absolute atomic E-state index is 4.17. The molecule has 0 radical (unpaired) electrons. The third kappa shape index (κ3) is 4.41. The van der Waals surface area contributed by atoms with Gasteiger partial charge in [-0.25, -0.2) is 0 Å². The Morgan fingerprint density at radius 3 is 2.70 bits per heavy atom. The van der Waals surface area contributed by atoms with Crippen molar-refractivity contribution >= 4 is 6.08 Å². The van der Waals surface area contributed by atoms with Crippen molar-refractivity contribution in [2.45, 2.75) is 26.7 Å².